The third kappa shape index (κ3) is 5.51. The molecule has 0 spiro atoms. The molecular weight excluding hydrogens is 488 g/mol. The first-order valence-corrected chi connectivity index (χ1v) is 12.7. The minimum absolute atomic E-state index is 0.00655. The number of hydrogen-bond acceptors (Lipinski definition) is 7. The van der Waals surface area contributed by atoms with Gasteiger partial charge in [-0.1, -0.05) is 48.2 Å². The van der Waals surface area contributed by atoms with Crippen LogP contribution in [0.15, 0.2) is 89.0 Å². The zero-order valence-electron chi connectivity index (χ0n) is 20.5. The number of amidine groups is 1. The fourth-order valence-corrected chi connectivity index (χ4v) is 5.33. The van der Waals surface area contributed by atoms with Gasteiger partial charge in [0, 0.05) is 24.6 Å². The molecular formula is C28H26N4O4S. The first-order chi connectivity index (χ1) is 18.0. The highest BCUT2D eigenvalue weighted by atomic mass is 32.2. The van der Waals surface area contributed by atoms with Crippen LogP contribution in [-0.4, -0.2) is 47.2 Å². The number of nitrogens with zero attached hydrogens (tertiary/aromatic N) is 3. The second-order valence-corrected chi connectivity index (χ2v) is 9.74. The van der Waals surface area contributed by atoms with Crippen molar-refractivity contribution < 1.29 is 19.1 Å². The zero-order valence-corrected chi connectivity index (χ0v) is 21.3. The normalized spacial score (nSPS) is 18.9. The number of anilines is 1. The van der Waals surface area contributed by atoms with Crippen LogP contribution in [0.3, 0.4) is 0 Å². The van der Waals surface area contributed by atoms with Gasteiger partial charge < -0.3 is 14.8 Å². The minimum Gasteiger partial charge on any atom is -0.497 e. The summed E-state index contributed by atoms with van der Waals surface area (Å²) in [5.41, 5.74) is 3.56. The van der Waals surface area contributed by atoms with Crippen molar-refractivity contribution in [1.82, 2.24) is 5.01 Å². The van der Waals surface area contributed by atoms with E-state index in [-0.39, 0.29) is 24.3 Å². The number of ether oxygens (including phenoxy) is 2. The average Bonchev–Trinajstić information content (AvgIpc) is 3.53. The van der Waals surface area contributed by atoms with Crippen molar-refractivity contribution in [2.75, 3.05) is 19.5 Å². The number of hydrogen-bond donors (Lipinski definition) is 1. The van der Waals surface area contributed by atoms with Gasteiger partial charge in [-0.3, -0.25) is 9.59 Å². The van der Waals surface area contributed by atoms with Crippen LogP contribution in [0.4, 0.5) is 5.69 Å². The topological polar surface area (TPSA) is 92.6 Å². The molecule has 0 aliphatic carbocycles. The largest absolute Gasteiger partial charge is 0.497 e. The Labute approximate surface area is 219 Å². The van der Waals surface area contributed by atoms with E-state index >= 15 is 0 Å². The van der Waals surface area contributed by atoms with Gasteiger partial charge in [-0.2, -0.15) is 10.1 Å². The molecule has 0 fully saturated rings. The molecule has 0 aromatic heterocycles. The van der Waals surface area contributed by atoms with Crippen molar-refractivity contribution in [3.8, 4) is 11.5 Å². The first kappa shape index (κ1) is 24.6. The summed E-state index contributed by atoms with van der Waals surface area (Å²) in [6.45, 7) is 0. The molecule has 5 rings (SSSR count). The highest BCUT2D eigenvalue weighted by molar-refractivity contribution is 8.15. The lowest BCUT2D eigenvalue weighted by Crippen LogP contribution is -2.25. The quantitative estimate of drug-likeness (QED) is 0.483. The molecule has 2 aliphatic rings. The van der Waals surface area contributed by atoms with E-state index in [2.05, 4.69) is 10.3 Å². The number of methoxy groups -OCH3 is 2. The molecule has 37 heavy (non-hydrogen) atoms. The van der Waals surface area contributed by atoms with Crippen LogP contribution in [0.25, 0.3) is 0 Å². The molecule has 2 heterocycles. The van der Waals surface area contributed by atoms with Crippen LogP contribution < -0.4 is 14.8 Å². The second kappa shape index (κ2) is 10.9. The summed E-state index contributed by atoms with van der Waals surface area (Å²) in [6, 6.07) is 24.8. The van der Waals surface area contributed by atoms with Gasteiger partial charge in [0.15, 0.2) is 5.17 Å². The molecule has 3 aromatic carbocycles. The van der Waals surface area contributed by atoms with Gasteiger partial charge in [0.05, 0.1) is 26.0 Å². The average molecular weight is 515 g/mol. The predicted octanol–water partition coefficient (Wildman–Crippen LogP) is 4.88. The fraction of sp³-hybridized carbons (Fsp3) is 0.214. The molecule has 0 unspecified atom stereocenters. The van der Waals surface area contributed by atoms with Crippen LogP contribution in [-0.2, 0) is 9.59 Å². The second-order valence-electron chi connectivity index (χ2n) is 8.57. The van der Waals surface area contributed by atoms with E-state index < -0.39 is 5.25 Å². The predicted molar refractivity (Wildman–Crippen MR) is 145 cm³/mol. The number of rotatable bonds is 7. The monoisotopic (exact) mass is 514 g/mol. The maximum absolute atomic E-state index is 12.8. The molecule has 2 amide bonds. The van der Waals surface area contributed by atoms with E-state index in [4.69, 9.17) is 14.6 Å². The molecule has 2 aliphatic heterocycles. The molecule has 0 saturated carbocycles. The maximum Gasteiger partial charge on any atom is 0.262 e. The Morgan fingerprint density at radius 3 is 2.49 bits per heavy atom. The smallest absolute Gasteiger partial charge is 0.262 e. The van der Waals surface area contributed by atoms with E-state index in [9.17, 15) is 9.59 Å². The molecule has 3 aromatic rings. The third-order valence-electron chi connectivity index (χ3n) is 6.17. The molecule has 188 valence electrons. The molecule has 1 N–H and O–H groups in total. The van der Waals surface area contributed by atoms with Crippen molar-refractivity contribution in [3.05, 3.63) is 90.0 Å². The van der Waals surface area contributed by atoms with Crippen molar-refractivity contribution in [2.45, 2.75) is 24.1 Å². The number of benzene rings is 3. The van der Waals surface area contributed by atoms with E-state index in [1.54, 1.807) is 38.5 Å². The van der Waals surface area contributed by atoms with Crippen molar-refractivity contribution in [1.29, 1.82) is 0 Å². The highest BCUT2D eigenvalue weighted by Gasteiger charge is 2.39. The number of carbonyl (C=O) groups is 2. The number of nitrogens with one attached hydrogen (secondary N) is 1. The maximum atomic E-state index is 12.8. The van der Waals surface area contributed by atoms with Gasteiger partial charge in [0.25, 0.3) is 5.91 Å². The summed E-state index contributed by atoms with van der Waals surface area (Å²) in [7, 11) is 3.20. The van der Waals surface area contributed by atoms with Crippen LogP contribution in [0.2, 0.25) is 0 Å². The Bertz CT molecular complexity index is 1360. The van der Waals surface area contributed by atoms with Gasteiger partial charge in [-0.25, -0.2) is 5.01 Å². The van der Waals surface area contributed by atoms with Gasteiger partial charge in [-0.05, 0) is 47.5 Å². The zero-order chi connectivity index (χ0) is 25.8. The summed E-state index contributed by atoms with van der Waals surface area (Å²) < 4.78 is 10.5. The van der Waals surface area contributed by atoms with Gasteiger partial charge in [0.2, 0.25) is 5.91 Å². The Balaban J connectivity index is 1.33. The highest BCUT2D eigenvalue weighted by Crippen LogP contribution is 2.38. The lowest BCUT2D eigenvalue weighted by molar-refractivity contribution is -0.121. The van der Waals surface area contributed by atoms with E-state index in [1.165, 1.54) is 11.8 Å². The summed E-state index contributed by atoms with van der Waals surface area (Å²) in [6.07, 6.45) is 0.664. The van der Waals surface area contributed by atoms with Crippen molar-refractivity contribution >= 4 is 40.1 Å². The molecule has 0 radical (unpaired) electrons. The van der Waals surface area contributed by atoms with E-state index in [0.29, 0.717) is 23.0 Å². The number of aliphatic imine (C=N–C) groups is 1. The molecule has 9 heteroatoms. The van der Waals surface area contributed by atoms with Crippen molar-refractivity contribution in [3.63, 3.8) is 0 Å². The number of amides is 2. The molecule has 0 saturated heterocycles. The molecule has 8 nitrogen and oxygen atoms in total. The first-order valence-electron chi connectivity index (χ1n) is 11.8. The lowest BCUT2D eigenvalue weighted by atomic mass is 9.98. The lowest BCUT2D eigenvalue weighted by Gasteiger charge is -2.23. The summed E-state index contributed by atoms with van der Waals surface area (Å²) >= 11 is 1.28. The van der Waals surface area contributed by atoms with Gasteiger partial charge in [0.1, 0.15) is 16.7 Å². The van der Waals surface area contributed by atoms with E-state index in [0.717, 1.165) is 22.6 Å². The molecule has 0 bridgehead atoms. The van der Waals surface area contributed by atoms with E-state index in [1.807, 2.05) is 59.6 Å². The number of carbonyl (C=O) groups excluding carboxylic acids is 2. The van der Waals surface area contributed by atoms with Crippen LogP contribution in [0, 0.1) is 0 Å². The summed E-state index contributed by atoms with van der Waals surface area (Å²) in [5.74, 6) is 0.816. The Hall–Kier alpha value is -4.11. The Morgan fingerprint density at radius 2 is 1.76 bits per heavy atom. The summed E-state index contributed by atoms with van der Waals surface area (Å²) in [5, 5.41) is 9.42. The Kier molecular flexibility index (Phi) is 7.23. The van der Waals surface area contributed by atoms with Crippen LogP contribution in [0.5, 0.6) is 11.5 Å². The molecule has 2 atom stereocenters. The standard InChI is InChI=1S/C28H26N4O4S/c1-35-21-13-11-18(12-14-21)23-16-24(19-7-4-3-5-8-19)32(31-23)28-30-27(34)25(37-28)17-26(33)29-20-9-6-10-22(15-20)36-2/h3-15,24-25H,16-17H2,1-2H3,(H,29,33)/t24-,25+/m1/s1. The number of hydrazone groups is 1. The fourth-order valence-electron chi connectivity index (χ4n) is 4.27. The SMILES string of the molecule is COc1ccc(C2=NN(C3=NC(=O)[C@H](CC(=O)Nc4cccc(OC)c4)S3)[C@@H](c3ccccc3)C2)cc1. The van der Waals surface area contributed by atoms with Gasteiger partial charge in [-0.15, -0.1) is 0 Å². The number of thioether (sulfide) groups is 1. The Morgan fingerprint density at radius 1 is 1.00 bits per heavy atom. The third-order valence-corrected chi connectivity index (χ3v) is 7.31. The van der Waals surface area contributed by atoms with Crippen LogP contribution >= 0.6 is 11.8 Å². The minimum atomic E-state index is -0.614. The summed E-state index contributed by atoms with van der Waals surface area (Å²) in [4.78, 5) is 29.8. The van der Waals surface area contributed by atoms with Crippen LogP contribution in [0.1, 0.15) is 30.0 Å². The van der Waals surface area contributed by atoms with Gasteiger partial charge >= 0.3 is 0 Å². The van der Waals surface area contributed by atoms with Crippen molar-refractivity contribution in [2.24, 2.45) is 10.1 Å².